The summed E-state index contributed by atoms with van der Waals surface area (Å²) >= 11 is 2.10. The minimum atomic E-state index is -0.823. The maximum Gasteiger partial charge on any atom is 0.360 e. The highest BCUT2D eigenvalue weighted by atomic mass is 127. The van der Waals surface area contributed by atoms with Gasteiger partial charge in [-0.3, -0.25) is 4.79 Å². The molecule has 9 heteroatoms. The van der Waals surface area contributed by atoms with Gasteiger partial charge >= 0.3 is 13.6 Å². The number of anilines is 1. The Labute approximate surface area is 137 Å². The molecule has 7 nitrogen and oxygen atoms in total. The summed E-state index contributed by atoms with van der Waals surface area (Å²) in [4.78, 5) is 23.8. The largest absolute Gasteiger partial charge is 0.467 e. The summed E-state index contributed by atoms with van der Waals surface area (Å²) in [5.74, 6) is -0.977. The molecule has 114 valence electrons. The molecule has 0 aliphatic heterocycles. The Hall–Kier alpha value is -1.33. The van der Waals surface area contributed by atoms with E-state index in [4.69, 9.17) is 10.4 Å². The average Bonchev–Trinajstić information content (AvgIpc) is 2.45. The van der Waals surface area contributed by atoms with Crippen LogP contribution in [0, 0.1) is 3.57 Å². The second-order valence-corrected chi connectivity index (χ2v) is 5.41. The van der Waals surface area contributed by atoms with E-state index >= 15 is 0 Å². The zero-order valence-corrected chi connectivity index (χ0v) is 14.0. The van der Waals surface area contributed by atoms with Gasteiger partial charge in [-0.2, -0.15) is 0 Å². The number of amides is 1. The standard InChI is InChI=1S/C12H17BIN3O4/c1-20-12(19)10(6-16-13-21-2)17-11(18)8-4-3-7(14)5-9(8)15/h3-5,10,13,16H,6,15H2,1-2H3,(H,17,18)/t10-/m0/s1. The number of hydrogen-bond donors (Lipinski definition) is 3. The average molecular weight is 405 g/mol. The Balaban J connectivity index is 2.77. The van der Waals surface area contributed by atoms with Crippen LogP contribution in [0.25, 0.3) is 0 Å². The van der Waals surface area contributed by atoms with Crippen molar-refractivity contribution in [1.29, 1.82) is 0 Å². The fourth-order valence-electron chi connectivity index (χ4n) is 1.62. The maximum absolute atomic E-state index is 12.2. The monoisotopic (exact) mass is 405 g/mol. The minimum Gasteiger partial charge on any atom is -0.467 e. The molecule has 1 aromatic carbocycles. The Morgan fingerprint density at radius 1 is 1.43 bits per heavy atom. The number of carbonyl (C=O) groups excluding carboxylic acids is 2. The van der Waals surface area contributed by atoms with Crippen molar-refractivity contribution in [2.45, 2.75) is 6.04 Å². The summed E-state index contributed by atoms with van der Waals surface area (Å²) < 4.78 is 10.4. The number of carbonyl (C=O) groups is 2. The van der Waals surface area contributed by atoms with E-state index in [2.05, 4.69) is 37.9 Å². The first-order chi connectivity index (χ1) is 9.99. The molecule has 0 fully saturated rings. The summed E-state index contributed by atoms with van der Waals surface area (Å²) in [6, 6.07) is 4.24. The molecule has 0 saturated carbocycles. The maximum atomic E-state index is 12.2. The number of nitrogens with one attached hydrogen (secondary N) is 2. The minimum absolute atomic E-state index is 0.191. The highest BCUT2D eigenvalue weighted by Crippen LogP contribution is 2.15. The normalized spacial score (nSPS) is 11.6. The molecule has 4 N–H and O–H groups in total. The molecular formula is C12H17BIN3O4. The van der Waals surface area contributed by atoms with Crippen LogP contribution in [0.15, 0.2) is 18.2 Å². The predicted molar refractivity (Wildman–Crippen MR) is 89.0 cm³/mol. The third-order valence-electron chi connectivity index (χ3n) is 2.64. The summed E-state index contributed by atoms with van der Waals surface area (Å²) in [6.45, 7) is 0.191. The molecule has 0 bridgehead atoms. The highest BCUT2D eigenvalue weighted by Gasteiger charge is 2.22. The van der Waals surface area contributed by atoms with Crippen LogP contribution in [0.1, 0.15) is 10.4 Å². The van der Waals surface area contributed by atoms with E-state index in [1.165, 1.54) is 14.2 Å². The van der Waals surface area contributed by atoms with Gasteiger partial charge in [0.2, 0.25) is 0 Å². The van der Waals surface area contributed by atoms with Crippen LogP contribution >= 0.6 is 22.6 Å². The molecule has 0 aliphatic rings. The first-order valence-corrected chi connectivity index (χ1v) is 7.20. The van der Waals surface area contributed by atoms with Gasteiger partial charge in [-0.15, -0.1) is 0 Å². The number of esters is 1. The summed E-state index contributed by atoms with van der Waals surface area (Å²) in [5.41, 5.74) is 6.48. The summed E-state index contributed by atoms with van der Waals surface area (Å²) in [7, 11) is 3.04. The van der Waals surface area contributed by atoms with Crippen molar-refractivity contribution >= 4 is 47.8 Å². The van der Waals surface area contributed by atoms with Gasteiger partial charge in [-0.25, -0.2) is 4.79 Å². The van der Waals surface area contributed by atoms with Crippen LogP contribution in [0.5, 0.6) is 0 Å². The van der Waals surface area contributed by atoms with Crippen LogP contribution in [-0.4, -0.2) is 46.3 Å². The number of rotatable bonds is 7. The lowest BCUT2D eigenvalue weighted by molar-refractivity contribution is -0.142. The zero-order valence-electron chi connectivity index (χ0n) is 11.8. The third kappa shape index (κ3) is 5.52. The number of nitrogens with two attached hydrogens (primary N) is 1. The Morgan fingerprint density at radius 3 is 2.71 bits per heavy atom. The number of ether oxygens (including phenoxy) is 1. The smallest absolute Gasteiger partial charge is 0.360 e. The Kier molecular flexibility index (Phi) is 7.47. The fraction of sp³-hybridized carbons (Fsp3) is 0.333. The van der Waals surface area contributed by atoms with Crippen LogP contribution in [-0.2, 0) is 14.2 Å². The molecule has 1 amide bonds. The first kappa shape index (κ1) is 17.7. The van der Waals surface area contributed by atoms with Gasteiger partial charge in [0.15, 0.2) is 0 Å². The topological polar surface area (TPSA) is 103 Å². The molecule has 1 atom stereocenters. The van der Waals surface area contributed by atoms with Gasteiger partial charge in [-0.05, 0) is 40.8 Å². The molecule has 21 heavy (non-hydrogen) atoms. The number of halogens is 1. The van der Waals surface area contributed by atoms with E-state index in [0.29, 0.717) is 11.3 Å². The molecule has 0 saturated heterocycles. The lowest BCUT2D eigenvalue weighted by Crippen LogP contribution is -2.48. The molecule has 1 rings (SSSR count). The van der Waals surface area contributed by atoms with Crippen LogP contribution in [0.3, 0.4) is 0 Å². The third-order valence-corrected chi connectivity index (χ3v) is 3.32. The van der Waals surface area contributed by atoms with Gasteiger partial charge in [0.25, 0.3) is 5.91 Å². The SMILES string of the molecule is COBNC[C@H](NC(=O)c1ccc(I)cc1N)C(=O)OC. The van der Waals surface area contributed by atoms with E-state index in [-0.39, 0.29) is 14.2 Å². The predicted octanol–water partition coefficient (Wildman–Crippen LogP) is -0.353. The van der Waals surface area contributed by atoms with Gasteiger partial charge in [-0.1, -0.05) is 0 Å². The number of benzene rings is 1. The van der Waals surface area contributed by atoms with Gasteiger partial charge in [0.05, 0.1) is 12.7 Å². The van der Waals surface area contributed by atoms with E-state index in [1.54, 1.807) is 18.2 Å². The molecule has 0 unspecified atom stereocenters. The van der Waals surface area contributed by atoms with Crippen LogP contribution in [0.4, 0.5) is 5.69 Å². The van der Waals surface area contributed by atoms with Crippen LogP contribution in [0.2, 0.25) is 0 Å². The van der Waals surface area contributed by atoms with E-state index in [9.17, 15) is 9.59 Å². The molecule has 0 radical (unpaired) electrons. The van der Waals surface area contributed by atoms with Crippen molar-refractivity contribution < 1.29 is 19.0 Å². The van der Waals surface area contributed by atoms with Crippen molar-refractivity contribution in [1.82, 2.24) is 10.5 Å². The molecule has 0 spiro atoms. The molecular weight excluding hydrogens is 388 g/mol. The lowest BCUT2D eigenvalue weighted by Gasteiger charge is -2.17. The zero-order chi connectivity index (χ0) is 15.8. The molecule has 0 aromatic heterocycles. The van der Waals surface area contributed by atoms with Crippen molar-refractivity contribution in [3.8, 4) is 0 Å². The molecule has 0 heterocycles. The highest BCUT2D eigenvalue weighted by molar-refractivity contribution is 14.1. The lowest BCUT2D eigenvalue weighted by atomic mass is 10.1. The van der Waals surface area contributed by atoms with Gasteiger partial charge in [0, 0.05) is 22.9 Å². The van der Waals surface area contributed by atoms with Gasteiger partial charge < -0.3 is 25.7 Å². The van der Waals surface area contributed by atoms with Crippen molar-refractivity contribution in [2.24, 2.45) is 0 Å². The number of methoxy groups -OCH3 is 1. The molecule has 0 aliphatic carbocycles. The fourth-order valence-corrected chi connectivity index (χ4v) is 2.13. The Morgan fingerprint density at radius 2 is 2.14 bits per heavy atom. The molecule has 1 aromatic rings. The van der Waals surface area contributed by atoms with E-state index in [0.717, 1.165) is 3.57 Å². The van der Waals surface area contributed by atoms with Crippen molar-refractivity contribution in [2.75, 3.05) is 26.5 Å². The second kappa shape index (κ2) is 8.85. The first-order valence-electron chi connectivity index (χ1n) is 6.13. The van der Waals surface area contributed by atoms with Crippen molar-refractivity contribution in [3.63, 3.8) is 0 Å². The second-order valence-electron chi connectivity index (χ2n) is 4.17. The van der Waals surface area contributed by atoms with Crippen LogP contribution < -0.4 is 16.3 Å². The number of hydrogen-bond acceptors (Lipinski definition) is 6. The Bertz CT molecular complexity index is 515. The summed E-state index contributed by atoms with van der Waals surface area (Å²) in [5, 5.41) is 5.45. The number of nitrogen functional groups attached to an aromatic ring is 1. The quantitative estimate of drug-likeness (QED) is 0.189. The van der Waals surface area contributed by atoms with E-state index < -0.39 is 17.9 Å². The van der Waals surface area contributed by atoms with Crippen molar-refractivity contribution in [3.05, 3.63) is 27.3 Å². The van der Waals surface area contributed by atoms with E-state index in [1.807, 2.05) is 0 Å². The summed E-state index contributed by atoms with van der Waals surface area (Å²) in [6.07, 6.45) is 0. The van der Waals surface area contributed by atoms with Gasteiger partial charge in [0.1, 0.15) is 6.04 Å².